The lowest BCUT2D eigenvalue weighted by Gasteiger charge is -2.27. The summed E-state index contributed by atoms with van der Waals surface area (Å²) in [4.78, 5) is 4.37. The molecule has 0 saturated carbocycles. The highest BCUT2D eigenvalue weighted by Gasteiger charge is 2.08. The van der Waals surface area contributed by atoms with Crippen molar-refractivity contribution in [2.45, 2.75) is 19.4 Å². The molecule has 1 rings (SSSR count). The summed E-state index contributed by atoms with van der Waals surface area (Å²) in [6, 6.07) is 9.07. The Hall–Kier alpha value is -1.22. The fraction of sp³-hybridized carbons (Fsp3) is 0.538. The van der Waals surface area contributed by atoms with Gasteiger partial charge in [0.15, 0.2) is 0 Å². The van der Waals surface area contributed by atoms with Crippen molar-refractivity contribution < 1.29 is 0 Å². The molecule has 1 atom stereocenters. The molecule has 0 amide bonds. The molecular formula is C13H23N3. The van der Waals surface area contributed by atoms with E-state index < -0.39 is 0 Å². The number of nitrogens with two attached hydrogens (primary N) is 1. The summed E-state index contributed by atoms with van der Waals surface area (Å²) in [5, 5.41) is 0. The number of anilines is 2. The van der Waals surface area contributed by atoms with Gasteiger partial charge in [-0.2, -0.15) is 0 Å². The van der Waals surface area contributed by atoms with Gasteiger partial charge in [0.1, 0.15) is 0 Å². The molecule has 1 aromatic carbocycles. The minimum absolute atomic E-state index is 0.482. The Morgan fingerprint density at radius 1 is 1.06 bits per heavy atom. The quantitative estimate of drug-likeness (QED) is 0.824. The summed E-state index contributed by atoms with van der Waals surface area (Å²) in [5.74, 6) is 0. The van der Waals surface area contributed by atoms with E-state index in [0.717, 1.165) is 13.0 Å². The van der Waals surface area contributed by atoms with Crippen molar-refractivity contribution in [3.63, 3.8) is 0 Å². The standard InChI is InChI=1S/C13H23N3/c1-11(9-10-14)16(4)13-7-5-12(6-8-13)15(2)3/h5-8,11H,9-10,14H2,1-4H3. The zero-order chi connectivity index (χ0) is 12.1. The van der Waals surface area contributed by atoms with Crippen LogP contribution in [0.1, 0.15) is 13.3 Å². The second kappa shape index (κ2) is 5.75. The van der Waals surface area contributed by atoms with Gasteiger partial charge < -0.3 is 15.5 Å². The van der Waals surface area contributed by atoms with Gasteiger partial charge in [0, 0.05) is 38.6 Å². The van der Waals surface area contributed by atoms with Crippen molar-refractivity contribution in [3.8, 4) is 0 Å². The lowest BCUT2D eigenvalue weighted by atomic mass is 10.2. The van der Waals surface area contributed by atoms with E-state index in [-0.39, 0.29) is 0 Å². The van der Waals surface area contributed by atoms with E-state index in [1.807, 2.05) is 0 Å². The molecule has 1 aromatic rings. The first-order valence-electron chi connectivity index (χ1n) is 5.76. The maximum absolute atomic E-state index is 5.58. The lowest BCUT2D eigenvalue weighted by Crippen LogP contribution is -2.30. The highest BCUT2D eigenvalue weighted by molar-refractivity contribution is 5.55. The molecule has 0 bridgehead atoms. The molecule has 0 fully saturated rings. The van der Waals surface area contributed by atoms with E-state index in [0.29, 0.717) is 6.04 Å². The summed E-state index contributed by atoms with van der Waals surface area (Å²) in [7, 11) is 6.22. The summed E-state index contributed by atoms with van der Waals surface area (Å²) < 4.78 is 0. The van der Waals surface area contributed by atoms with Gasteiger partial charge in [-0.25, -0.2) is 0 Å². The number of hydrogen-bond acceptors (Lipinski definition) is 3. The van der Waals surface area contributed by atoms with E-state index in [2.05, 4.69) is 62.1 Å². The van der Waals surface area contributed by atoms with Gasteiger partial charge in [-0.15, -0.1) is 0 Å². The average Bonchev–Trinajstić information content (AvgIpc) is 2.28. The minimum Gasteiger partial charge on any atom is -0.378 e. The first-order chi connectivity index (χ1) is 7.56. The van der Waals surface area contributed by atoms with Crippen LogP contribution in [0.3, 0.4) is 0 Å². The third kappa shape index (κ3) is 3.14. The lowest BCUT2D eigenvalue weighted by molar-refractivity contribution is 0.635. The number of nitrogens with zero attached hydrogens (tertiary/aromatic N) is 2. The molecule has 0 spiro atoms. The van der Waals surface area contributed by atoms with Gasteiger partial charge >= 0.3 is 0 Å². The van der Waals surface area contributed by atoms with E-state index in [1.54, 1.807) is 0 Å². The van der Waals surface area contributed by atoms with Crippen LogP contribution in [0.25, 0.3) is 0 Å². The molecule has 3 nitrogen and oxygen atoms in total. The van der Waals surface area contributed by atoms with Gasteiger partial charge in [0.25, 0.3) is 0 Å². The van der Waals surface area contributed by atoms with E-state index in [9.17, 15) is 0 Å². The average molecular weight is 221 g/mol. The topological polar surface area (TPSA) is 32.5 Å². The zero-order valence-electron chi connectivity index (χ0n) is 10.8. The maximum Gasteiger partial charge on any atom is 0.0367 e. The Bertz CT molecular complexity index is 305. The first-order valence-corrected chi connectivity index (χ1v) is 5.76. The molecular weight excluding hydrogens is 198 g/mol. The van der Waals surface area contributed by atoms with Crippen molar-refractivity contribution in [1.29, 1.82) is 0 Å². The summed E-state index contributed by atoms with van der Waals surface area (Å²) >= 11 is 0. The molecule has 0 heterocycles. The van der Waals surface area contributed by atoms with Crippen LogP contribution in [0.4, 0.5) is 11.4 Å². The van der Waals surface area contributed by atoms with Crippen LogP contribution in [0.2, 0.25) is 0 Å². The van der Waals surface area contributed by atoms with Crippen molar-refractivity contribution in [3.05, 3.63) is 24.3 Å². The smallest absolute Gasteiger partial charge is 0.0367 e. The predicted molar refractivity (Wildman–Crippen MR) is 72.3 cm³/mol. The van der Waals surface area contributed by atoms with E-state index >= 15 is 0 Å². The second-order valence-corrected chi connectivity index (χ2v) is 4.45. The Labute approximate surface area is 98.8 Å². The van der Waals surface area contributed by atoms with Crippen LogP contribution in [0.15, 0.2) is 24.3 Å². The highest BCUT2D eigenvalue weighted by atomic mass is 15.1. The molecule has 0 aromatic heterocycles. The van der Waals surface area contributed by atoms with E-state index in [1.165, 1.54) is 11.4 Å². The van der Waals surface area contributed by atoms with Gasteiger partial charge in [0.2, 0.25) is 0 Å². The predicted octanol–water partition coefficient (Wildman–Crippen LogP) is 1.93. The summed E-state index contributed by atoms with van der Waals surface area (Å²) in [5.41, 5.74) is 8.04. The third-order valence-electron chi connectivity index (χ3n) is 3.02. The van der Waals surface area contributed by atoms with Crippen molar-refractivity contribution in [1.82, 2.24) is 0 Å². The first kappa shape index (κ1) is 12.8. The zero-order valence-corrected chi connectivity index (χ0v) is 10.8. The molecule has 0 saturated heterocycles. The Morgan fingerprint density at radius 3 is 2.00 bits per heavy atom. The van der Waals surface area contributed by atoms with Crippen LogP contribution < -0.4 is 15.5 Å². The molecule has 0 aliphatic rings. The molecule has 1 unspecified atom stereocenters. The fourth-order valence-corrected chi connectivity index (χ4v) is 1.68. The Morgan fingerprint density at radius 2 is 1.56 bits per heavy atom. The largest absolute Gasteiger partial charge is 0.378 e. The Balaban J connectivity index is 2.73. The summed E-state index contributed by atoms with van der Waals surface area (Å²) in [6.07, 6.45) is 1.02. The van der Waals surface area contributed by atoms with Crippen LogP contribution >= 0.6 is 0 Å². The van der Waals surface area contributed by atoms with Crippen LogP contribution in [-0.2, 0) is 0 Å². The Kier molecular flexibility index (Phi) is 4.62. The maximum atomic E-state index is 5.58. The number of hydrogen-bond donors (Lipinski definition) is 1. The molecule has 90 valence electrons. The number of benzene rings is 1. The summed E-state index contributed by atoms with van der Waals surface area (Å²) in [6.45, 7) is 2.94. The molecule has 0 aliphatic carbocycles. The van der Waals surface area contributed by atoms with Gasteiger partial charge in [0.05, 0.1) is 0 Å². The number of rotatable bonds is 5. The minimum atomic E-state index is 0.482. The van der Waals surface area contributed by atoms with Gasteiger partial charge in [-0.05, 0) is 44.2 Å². The highest BCUT2D eigenvalue weighted by Crippen LogP contribution is 2.20. The van der Waals surface area contributed by atoms with E-state index in [4.69, 9.17) is 5.73 Å². The molecule has 0 radical (unpaired) electrons. The molecule has 0 aliphatic heterocycles. The second-order valence-electron chi connectivity index (χ2n) is 4.45. The van der Waals surface area contributed by atoms with Crippen LogP contribution in [0.5, 0.6) is 0 Å². The van der Waals surface area contributed by atoms with Crippen LogP contribution in [0, 0.1) is 0 Å². The van der Waals surface area contributed by atoms with Crippen LogP contribution in [-0.4, -0.2) is 33.7 Å². The normalized spacial score (nSPS) is 12.3. The van der Waals surface area contributed by atoms with Crippen molar-refractivity contribution >= 4 is 11.4 Å². The van der Waals surface area contributed by atoms with Gasteiger partial charge in [-0.3, -0.25) is 0 Å². The monoisotopic (exact) mass is 221 g/mol. The third-order valence-corrected chi connectivity index (χ3v) is 3.02. The molecule has 16 heavy (non-hydrogen) atoms. The SMILES string of the molecule is CC(CCN)N(C)c1ccc(N(C)C)cc1. The molecule has 3 heteroatoms. The van der Waals surface area contributed by atoms with Gasteiger partial charge in [-0.1, -0.05) is 0 Å². The van der Waals surface area contributed by atoms with Crippen molar-refractivity contribution in [2.24, 2.45) is 5.73 Å². The fourth-order valence-electron chi connectivity index (χ4n) is 1.68. The molecule has 2 N–H and O–H groups in total. The van der Waals surface area contributed by atoms with Crippen molar-refractivity contribution in [2.75, 3.05) is 37.5 Å².